The Labute approximate surface area is 221 Å². The first-order valence-electron chi connectivity index (χ1n) is 12.8. The predicted molar refractivity (Wildman–Crippen MR) is 144 cm³/mol. The molecule has 37 heavy (non-hydrogen) atoms. The summed E-state index contributed by atoms with van der Waals surface area (Å²) in [6.45, 7) is 3.80. The molecule has 2 heterocycles. The van der Waals surface area contributed by atoms with E-state index in [1.165, 1.54) is 23.3 Å². The summed E-state index contributed by atoms with van der Waals surface area (Å²) in [5.74, 6) is -0.299. The van der Waals surface area contributed by atoms with E-state index in [2.05, 4.69) is 47.5 Å². The van der Waals surface area contributed by atoms with Crippen LogP contribution >= 0.6 is 11.8 Å². The van der Waals surface area contributed by atoms with Crippen LogP contribution in [0, 0.1) is 11.6 Å². The van der Waals surface area contributed by atoms with Crippen LogP contribution in [0.1, 0.15) is 40.1 Å². The molecule has 3 aromatic carbocycles. The molecule has 0 radical (unpaired) electrons. The third-order valence-corrected chi connectivity index (χ3v) is 8.04. The van der Waals surface area contributed by atoms with Crippen LogP contribution in [0.25, 0.3) is 0 Å². The monoisotopic (exact) mass is 522 g/mol. The molecule has 0 aliphatic carbocycles. The molecule has 2 aliphatic heterocycles. The normalized spacial score (nSPS) is 18.1. The maximum absolute atomic E-state index is 14.0. The summed E-state index contributed by atoms with van der Waals surface area (Å²) in [6, 6.07) is 17.8. The van der Waals surface area contributed by atoms with Crippen LogP contribution in [-0.4, -0.2) is 35.3 Å². The SMILES string of the molecule is CCc1cccc(CNC[C@@H](O)[C@H](Cc2cc(F)cc(F)c2)N2C=CSC2c2ccc3c(c2)CCO3)c1. The first-order valence-corrected chi connectivity index (χ1v) is 13.7. The highest BCUT2D eigenvalue weighted by Crippen LogP contribution is 2.43. The molecule has 194 valence electrons. The smallest absolute Gasteiger partial charge is 0.126 e. The lowest BCUT2D eigenvalue weighted by atomic mass is 9.98. The third kappa shape index (κ3) is 6.17. The van der Waals surface area contributed by atoms with Crippen LogP contribution in [0.3, 0.4) is 0 Å². The van der Waals surface area contributed by atoms with E-state index in [0.717, 1.165) is 35.8 Å². The zero-order valence-corrected chi connectivity index (χ0v) is 21.7. The van der Waals surface area contributed by atoms with Crippen LogP contribution in [-0.2, 0) is 25.8 Å². The number of hydrogen-bond acceptors (Lipinski definition) is 5. The highest BCUT2D eigenvalue weighted by atomic mass is 32.2. The summed E-state index contributed by atoms with van der Waals surface area (Å²) >= 11 is 1.66. The Kier molecular flexibility index (Phi) is 8.13. The zero-order chi connectivity index (χ0) is 25.8. The third-order valence-electron chi connectivity index (χ3n) is 6.99. The van der Waals surface area contributed by atoms with Gasteiger partial charge in [0, 0.05) is 31.8 Å². The minimum Gasteiger partial charge on any atom is -0.493 e. The van der Waals surface area contributed by atoms with Gasteiger partial charge in [0.05, 0.1) is 18.8 Å². The fourth-order valence-corrected chi connectivity index (χ4v) is 6.12. The Morgan fingerprint density at radius 3 is 2.68 bits per heavy atom. The number of nitrogens with one attached hydrogen (secondary N) is 1. The van der Waals surface area contributed by atoms with E-state index in [1.807, 2.05) is 23.7 Å². The first kappa shape index (κ1) is 25.8. The molecule has 0 aromatic heterocycles. The molecule has 0 saturated carbocycles. The van der Waals surface area contributed by atoms with Crippen molar-refractivity contribution in [2.45, 2.75) is 50.3 Å². The van der Waals surface area contributed by atoms with Crippen LogP contribution < -0.4 is 10.1 Å². The van der Waals surface area contributed by atoms with Gasteiger partial charge in [-0.3, -0.25) is 0 Å². The van der Waals surface area contributed by atoms with Gasteiger partial charge < -0.3 is 20.1 Å². The van der Waals surface area contributed by atoms with Gasteiger partial charge in [0.2, 0.25) is 0 Å². The standard InChI is InChI=1S/C30H32F2N2O2S/c1-2-20-4-3-5-21(12-20)18-33-19-28(35)27(15-22-13-25(31)17-26(32)14-22)34-9-11-37-30(34)24-6-7-29-23(16-24)8-10-36-29/h3-7,9,11-14,16-17,27-28,30,33,35H,2,8,10,15,18-19H2,1H3/t27-,28+,30?/m0/s1. The van der Waals surface area contributed by atoms with Crippen molar-refractivity contribution in [3.63, 3.8) is 0 Å². The summed E-state index contributed by atoms with van der Waals surface area (Å²) in [4.78, 5) is 2.12. The summed E-state index contributed by atoms with van der Waals surface area (Å²) in [5.41, 5.74) is 5.25. The molecule has 1 unspecified atom stereocenters. The van der Waals surface area contributed by atoms with Gasteiger partial charge in [-0.2, -0.15) is 0 Å². The number of nitrogens with zero attached hydrogens (tertiary/aromatic N) is 1. The van der Waals surface area contributed by atoms with E-state index in [-0.39, 0.29) is 5.37 Å². The number of ether oxygens (including phenoxy) is 1. The fraction of sp³-hybridized carbons (Fsp3) is 0.333. The molecule has 0 amide bonds. The van der Waals surface area contributed by atoms with E-state index in [9.17, 15) is 13.9 Å². The number of aliphatic hydroxyl groups is 1. The molecule has 0 saturated heterocycles. The van der Waals surface area contributed by atoms with E-state index >= 15 is 0 Å². The van der Waals surface area contributed by atoms with Gasteiger partial charge in [-0.25, -0.2) is 8.78 Å². The maximum Gasteiger partial charge on any atom is 0.126 e. The first-order chi connectivity index (χ1) is 18.0. The van der Waals surface area contributed by atoms with Gasteiger partial charge in [-0.15, -0.1) is 11.8 Å². The van der Waals surface area contributed by atoms with E-state index in [0.29, 0.717) is 31.7 Å². The lowest BCUT2D eigenvalue weighted by molar-refractivity contribution is 0.0693. The molecule has 3 aromatic rings. The summed E-state index contributed by atoms with van der Waals surface area (Å²) in [6.07, 6.45) is 3.36. The largest absolute Gasteiger partial charge is 0.493 e. The average Bonchev–Trinajstić information content (AvgIpc) is 3.56. The van der Waals surface area contributed by atoms with Crippen molar-refractivity contribution in [1.29, 1.82) is 0 Å². The Hall–Kier alpha value is -2.87. The lowest BCUT2D eigenvalue weighted by Crippen LogP contribution is -2.46. The molecule has 3 atom stereocenters. The molecule has 0 fully saturated rings. The minimum atomic E-state index is -0.774. The molecule has 0 spiro atoms. The second kappa shape index (κ2) is 11.7. The summed E-state index contributed by atoms with van der Waals surface area (Å²) in [5, 5.41) is 16.8. The van der Waals surface area contributed by atoms with Crippen molar-refractivity contribution in [1.82, 2.24) is 10.2 Å². The van der Waals surface area contributed by atoms with Gasteiger partial charge in [0.1, 0.15) is 22.8 Å². The summed E-state index contributed by atoms with van der Waals surface area (Å²) < 4.78 is 33.7. The number of aryl methyl sites for hydroxylation is 1. The number of rotatable bonds is 10. The predicted octanol–water partition coefficient (Wildman–Crippen LogP) is 5.74. The van der Waals surface area contributed by atoms with Gasteiger partial charge in [0.15, 0.2) is 0 Å². The van der Waals surface area contributed by atoms with Gasteiger partial charge in [-0.05, 0) is 70.3 Å². The number of fused-ring (bicyclic) bond motifs is 1. The highest BCUT2D eigenvalue weighted by molar-refractivity contribution is 8.02. The van der Waals surface area contributed by atoms with E-state index in [1.54, 1.807) is 11.8 Å². The van der Waals surface area contributed by atoms with Crippen molar-refractivity contribution in [2.24, 2.45) is 0 Å². The highest BCUT2D eigenvalue weighted by Gasteiger charge is 2.33. The topological polar surface area (TPSA) is 44.7 Å². The quantitative estimate of drug-likeness (QED) is 0.355. The van der Waals surface area contributed by atoms with Crippen molar-refractivity contribution in [3.8, 4) is 5.75 Å². The minimum absolute atomic E-state index is 0.0507. The van der Waals surface area contributed by atoms with Gasteiger partial charge in [-0.1, -0.05) is 37.3 Å². The number of benzene rings is 3. The molecule has 0 bridgehead atoms. The number of thioether (sulfide) groups is 1. The Bertz CT molecular complexity index is 1250. The molecular formula is C30H32F2N2O2S. The molecule has 7 heteroatoms. The second-order valence-electron chi connectivity index (χ2n) is 9.61. The van der Waals surface area contributed by atoms with Gasteiger partial charge in [0.25, 0.3) is 0 Å². The zero-order valence-electron chi connectivity index (χ0n) is 20.9. The van der Waals surface area contributed by atoms with Crippen molar-refractivity contribution >= 4 is 11.8 Å². The Morgan fingerprint density at radius 1 is 1.05 bits per heavy atom. The second-order valence-corrected chi connectivity index (χ2v) is 10.6. The summed E-state index contributed by atoms with van der Waals surface area (Å²) in [7, 11) is 0. The molecule has 4 nitrogen and oxygen atoms in total. The van der Waals surface area contributed by atoms with Crippen LogP contribution in [0.2, 0.25) is 0 Å². The average molecular weight is 523 g/mol. The lowest BCUT2D eigenvalue weighted by Gasteiger charge is -2.37. The number of halogens is 2. The van der Waals surface area contributed by atoms with Crippen molar-refractivity contribution in [3.05, 3.63) is 112 Å². The van der Waals surface area contributed by atoms with E-state index < -0.39 is 23.8 Å². The molecule has 2 aliphatic rings. The van der Waals surface area contributed by atoms with E-state index in [4.69, 9.17) is 4.74 Å². The Balaban J connectivity index is 1.36. The van der Waals surface area contributed by atoms with Crippen LogP contribution in [0.5, 0.6) is 5.75 Å². The van der Waals surface area contributed by atoms with Crippen LogP contribution in [0.15, 0.2) is 72.3 Å². The number of aliphatic hydroxyl groups excluding tert-OH is 1. The molecule has 5 rings (SSSR count). The van der Waals surface area contributed by atoms with Gasteiger partial charge >= 0.3 is 0 Å². The number of hydrogen-bond donors (Lipinski definition) is 2. The fourth-order valence-electron chi connectivity index (χ4n) is 5.09. The maximum atomic E-state index is 14.0. The van der Waals surface area contributed by atoms with Crippen molar-refractivity contribution < 1.29 is 18.6 Å². The molecular weight excluding hydrogens is 490 g/mol. The Morgan fingerprint density at radius 2 is 1.86 bits per heavy atom. The van der Waals surface area contributed by atoms with Crippen molar-refractivity contribution in [2.75, 3.05) is 13.2 Å². The van der Waals surface area contributed by atoms with Crippen LogP contribution in [0.4, 0.5) is 8.78 Å². The molecule has 2 N–H and O–H groups in total.